The molecule has 4 nitrogen and oxygen atoms in total. The molecule has 1 atom stereocenters. The third-order valence-corrected chi connectivity index (χ3v) is 2.43. The normalized spacial score (nSPS) is 15.6. The van der Waals surface area contributed by atoms with Crippen molar-refractivity contribution in [2.45, 2.75) is 38.8 Å². The van der Waals surface area contributed by atoms with Crippen LogP contribution in [0, 0.1) is 0 Å². The molecule has 0 radical (unpaired) electrons. The Kier molecular flexibility index (Phi) is 7.96. The Balaban J connectivity index is 3.37. The van der Waals surface area contributed by atoms with Crippen LogP contribution in [0.15, 0.2) is 0 Å². The van der Waals surface area contributed by atoms with Crippen LogP contribution in [0.4, 0.5) is 0 Å². The van der Waals surface area contributed by atoms with Crippen LogP contribution < -0.4 is 5.32 Å². The molecule has 0 aliphatic carbocycles. The summed E-state index contributed by atoms with van der Waals surface area (Å²) in [4.78, 5) is 0. The second-order valence-corrected chi connectivity index (χ2v) is 4.25. The van der Waals surface area contributed by atoms with Crippen molar-refractivity contribution in [2.75, 3.05) is 33.5 Å². The van der Waals surface area contributed by atoms with E-state index in [0.29, 0.717) is 19.8 Å². The van der Waals surface area contributed by atoms with E-state index < -0.39 is 0 Å². The number of nitrogens with one attached hydrogen (secondary N) is 1. The second-order valence-electron chi connectivity index (χ2n) is 4.25. The van der Waals surface area contributed by atoms with Crippen molar-refractivity contribution in [2.24, 2.45) is 0 Å². The van der Waals surface area contributed by atoms with E-state index >= 15 is 0 Å². The zero-order valence-electron chi connectivity index (χ0n) is 10.4. The fourth-order valence-corrected chi connectivity index (χ4v) is 1.03. The van der Waals surface area contributed by atoms with Gasteiger partial charge in [0.1, 0.15) is 0 Å². The van der Waals surface area contributed by atoms with Crippen LogP contribution in [-0.2, 0) is 9.47 Å². The minimum atomic E-state index is -0.237. The molecule has 0 spiro atoms. The van der Waals surface area contributed by atoms with Gasteiger partial charge in [0, 0.05) is 12.1 Å². The Hall–Kier alpha value is -0.160. The molecule has 0 heterocycles. The number of hydrogen-bond donors (Lipinski definition) is 2. The fourth-order valence-electron chi connectivity index (χ4n) is 1.03. The van der Waals surface area contributed by atoms with Crippen LogP contribution >= 0.6 is 0 Å². The minimum absolute atomic E-state index is 0.120. The fraction of sp³-hybridized carbons (Fsp3) is 1.00. The predicted molar refractivity (Wildman–Crippen MR) is 61.1 cm³/mol. The van der Waals surface area contributed by atoms with Gasteiger partial charge in [-0.15, -0.1) is 0 Å². The summed E-state index contributed by atoms with van der Waals surface area (Å²) in [5, 5.41) is 12.2. The van der Waals surface area contributed by atoms with Crippen molar-refractivity contribution in [1.82, 2.24) is 5.32 Å². The molecule has 0 saturated carbocycles. The smallest absolute Gasteiger partial charge is 0.0703 e. The van der Waals surface area contributed by atoms with E-state index in [0.717, 1.165) is 6.42 Å². The number of rotatable bonds is 9. The van der Waals surface area contributed by atoms with Gasteiger partial charge in [-0.3, -0.25) is 0 Å². The van der Waals surface area contributed by atoms with E-state index in [2.05, 4.69) is 5.32 Å². The summed E-state index contributed by atoms with van der Waals surface area (Å²) in [6.07, 6.45) is 1.05. The molecule has 0 aromatic heterocycles. The first-order valence-corrected chi connectivity index (χ1v) is 5.53. The van der Waals surface area contributed by atoms with E-state index in [1.54, 1.807) is 0 Å². The van der Waals surface area contributed by atoms with Gasteiger partial charge in [0.25, 0.3) is 0 Å². The largest absolute Gasteiger partial charge is 0.394 e. The van der Waals surface area contributed by atoms with Gasteiger partial charge in [-0.25, -0.2) is 0 Å². The molecule has 4 heteroatoms. The zero-order chi connectivity index (χ0) is 11.7. The lowest BCUT2D eigenvalue weighted by Gasteiger charge is -2.26. The Labute approximate surface area is 93.0 Å². The average Bonchev–Trinajstić information content (AvgIpc) is 2.22. The molecular weight excluding hydrogens is 194 g/mol. The van der Waals surface area contributed by atoms with Crippen LogP contribution in [0.5, 0.6) is 0 Å². The maximum absolute atomic E-state index is 9.12. The number of hydrogen-bond acceptors (Lipinski definition) is 4. The van der Waals surface area contributed by atoms with Gasteiger partial charge in [0.15, 0.2) is 0 Å². The summed E-state index contributed by atoms with van der Waals surface area (Å²) in [5.74, 6) is 0. The first kappa shape index (κ1) is 14.8. The highest BCUT2D eigenvalue weighted by Crippen LogP contribution is 2.07. The van der Waals surface area contributed by atoms with Crippen LogP contribution in [0.25, 0.3) is 0 Å². The van der Waals surface area contributed by atoms with Crippen LogP contribution in [-0.4, -0.2) is 50.2 Å². The van der Waals surface area contributed by atoms with Crippen molar-refractivity contribution < 1.29 is 14.6 Å². The van der Waals surface area contributed by atoms with E-state index in [1.807, 2.05) is 27.8 Å². The molecule has 0 rings (SSSR count). The Morgan fingerprint density at radius 3 is 2.40 bits per heavy atom. The summed E-state index contributed by atoms with van der Waals surface area (Å²) in [6, 6.07) is 0. The predicted octanol–water partition coefficient (Wildman–Crippen LogP) is 0.788. The number of aliphatic hydroxyl groups excluding tert-OH is 1. The lowest BCUT2D eigenvalue weighted by Crippen LogP contribution is -2.44. The SMILES string of the molecule is CNC(C)(CO)CCOCCOC(C)C. The standard InChI is InChI=1S/C11H25NO3/c1-10(2)15-8-7-14-6-5-11(3,9-13)12-4/h10,12-13H,5-9H2,1-4H3. The van der Waals surface area contributed by atoms with Crippen LogP contribution in [0.1, 0.15) is 27.2 Å². The monoisotopic (exact) mass is 219 g/mol. The van der Waals surface area contributed by atoms with Gasteiger partial charge in [-0.1, -0.05) is 0 Å². The molecule has 0 aromatic rings. The maximum atomic E-state index is 9.12. The van der Waals surface area contributed by atoms with Crippen molar-refractivity contribution in [1.29, 1.82) is 0 Å². The highest BCUT2D eigenvalue weighted by molar-refractivity contribution is 4.79. The van der Waals surface area contributed by atoms with Gasteiger partial charge in [-0.05, 0) is 34.2 Å². The Bertz CT molecular complexity index is 147. The van der Waals surface area contributed by atoms with Gasteiger partial charge in [0.05, 0.1) is 25.9 Å². The third-order valence-electron chi connectivity index (χ3n) is 2.43. The molecule has 92 valence electrons. The summed E-state index contributed by atoms with van der Waals surface area (Å²) in [6.45, 7) is 7.99. The van der Waals surface area contributed by atoms with Crippen LogP contribution in [0.3, 0.4) is 0 Å². The molecule has 0 bridgehead atoms. The van der Waals surface area contributed by atoms with Gasteiger partial charge < -0.3 is 19.9 Å². The Morgan fingerprint density at radius 2 is 1.93 bits per heavy atom. The van der Waals surface area contributed by atoms with Crippen molar-refractivity contribution in [3.8, 4) is 0 Å². The quantitative estimate of drug-likeness (QED) is 0.563. The Morgan fingerprint density at radius 1 is 1.27 bits per heavy atom. The summed E-state index contributed by atoms with van der Waals surface area (Å²) >= 11 is 0. The zero-order valence-corrected chi connectivity index (χ0v) is 10.4. The molecule has 0 saturated heterocycles. The minimum Gasteiger partial charge on any atom is -0.394 e. The average molecular weight is 219 g/mol. The van der Waals surface area contributed by atoms with E-state index in [4.69, 9.17) is 14.6 Å². The van der Waals surface area contributed by atoms with E-state index in [-0.39, 0.29) is 18.2 Å². The first-order chi connectivity index (χ1) is 7.04. The van der Waals surface area contributed by atoms with Gasteiger partial charge in [0.2, 0.25) is 0 Å². The summed E-state index contributed by atoms with van der Waals surface area (Å²) in [5.41, 5.74) is -0.237. The van der Waals surface area contributed by atoms with E-state index in [1.165, 1.54) is 0 Å². The highest BCUT2D eigenvalue weighted by Gasteiger charge is 2.19. The molecule has 15 heavy (non-hydrogen) atoms. The van der Waals surface area contributed by atoms with Gasteiger partial charge in [-0.2, -0.15) is 0 Å². The number of ether oxygens (including phenoxy) is 2. The summed E-state index contributed by atoms with van der Waals surface area (Å²) < 4.78 is 10.7. The molecule has 0 aliphatic rings. The number of aliphatic hydroxyl groups is 1. The van der Waals surface area contributed by atoms with Crippen molar-refractivity contribution >= 4 is 0 Å². The highest BCUT2D eigenvalue weighted by atomic mass is 16.5. The molecule has 0 amide bonds. The summed E-state index contributed by atoms with van der Waals surface area (Å²) in [7, 11) is 1.85. The first-order valence-electron chi connectivity index (χ1n) is 5.53. The molecule has 0 aliphatic heterocycles. The molecule has 0 aromatic carbocycles. The maximum Gasteiger partial charge on any atom is 0.0703 e. The molecule has 0 fully saturated rings. The number of likely N-dealkylation sites (N-methyl/N-ethyl adjacent to an activating group) is 1. The lowest BCUT2D eigenvalue weighted by molar-refractivity contribution is 0.0120. The van der Waals surface area contributed by atoms with Crippen LogP contribution in [0.2, 0.25) is 0 Å². The lowest BCUT2D eigenvalue weighted by atomic mass is 10.0. The molecule has 2 N–H and O–H groups in total. The van der Waals surface area contributed by atoms with Crippen molar-refractivity contribution in [3.63, 3.8) is 0 Å². The molecular formula is C11H25NO3. The third kappa shape index (κ3) is 7.73. The van der Waals surface area contributed by atoms with Crippen molar-refractivity contribution in [3.05, 3.63) is 0 Å². The van der Waals surface area contributed by atoms with Gasteiger partial charge >= 0.3 is 0 Å². The molecule has 1 unspecified atom stereocenters. The second kappa shape index (κ2) is 8.05. The van der Waals surface area contributed by atoms with E-state index in [9.17, 15) is 0 Å². The topological polar surface area (TPSA) is 50.7 Å².